The number of rotatable bonds is 1. The van der Waals surface area contributed by atoms with Gasteiger partial charge < -0.3 is 5.73 Å². The molecule has 0 spiro atoms. The average Bonchev–Trinajstić information content (AvgIpc) is 1.37. The Morgan fingerprint density at radius 3 is 1.50 bits per heavy atom. The van der Waals surface area contributed by atoms with Crippen molar-refractivity contribution >= 4 is 24.8 Å². The Hall–Kier alpha value is 0.460. The second-order valence-corrected chi connectivity index (χ2v) is 0.333. The van der Waals surface area contributed by atoms with Crippen molar-refractivity contribution < 1.29 is 4.84 Å². The van der Waals surface area contributed by atoms with E-state index < -0.39 is 0 Å². The smallest absolute Gasteiger partial charge is 0.116 e. The van der Waals surface area contributed by atoms with E-state index in [-0.39, 0.29) is 31.5 Å². The molecule has 6 heavy (non-hydrogen) atoms. The zero-order valence-corrected chi connectivity index (χ0v) is 4.72. The van der Waals surface area contributed by atoms with Gasteiger partial charge in [0.15, 0.2) is 0 Å². The molecule has 0 heterocycles. The van der Waals surface area contributed by atoms with Crippen LogP contribution >= 0.6 is 24.8 Å². The predicted molar refractivity (Wildman–Crippen MR) is 28.8 cm³/mol. The third-order valence-electron chi connectivity index (χ3n) is 0.0962. The van der Waals surface area contributed by atoms with Gasteiger partial charge in [-0.25, -0.2) is 5.90 Å². The summed E-state index contributed by atoms with van der Waals surface area (Å²) in [5.41, 5.74) is 4.68. The van der Waals surface area contributed by atoms with Gasteiger partial charge in [0.1, 0.15) is 6.73 Å². The van der Waals surface area contributed by atoms with Gasteiger partial charge in [0, 0.05) is 0 Å². The lowest BCUT2D eigenvalue weighted by atomic mass is 11.4. The van der Waals surface area contributed by atoms with Crippen molar-refractivity contribution in [2.45, 2.75) is 0 Å². The maximum atomic E-state index is 4.68. The molecule has 0 aliphatic heterocycles. The van der Waals surface area contributed by atoms with Crippen molar-refractivity contribution in [1.82, 2.24) is 0 Å². The van der Waals surface area contributed by atoms with Crippen LogP contribution in [0, 0.1) is 0 Å². The van der Waals surface area contributed by atoms with Crippen LogP contribution in [-0.2, 0) is 4.84 Å². The molecule has 0 amide bonds. The summed E-state index contributed by atoms with van der Waals surface area (Å²) in [4.78, 5) is 3.82. The van der Waals surface area contributed by atoms with Crippen molar-refractivity contribution in [3.8, 4) is 0 Å². The van der Waals surface area contributed by atoms with Crippen LogP contribution in [0.4, 0.5) is 0 Å². The van der Waals surface area contributed by atoms with Crippen molar-refractivity contribution in [2.24, 2.45) is 11.6 Å². The van der Waals surface area contributed by atoms with Crippen molar-refractivity contribution in [2.75, 3.05) is 6.73 Å². The standard InChI is InChI=1S/CH6N2O.2ClH/c2-1-4-3;;/h1-3H2;2*1H. The fraction of sp³-hybridized carbons (Fsp3) is 1.00. The van der Waals surface area contributed by atoms with Gasteiger partial charge >= 0.3 is 0 Å². The Kier molecular flexibility index (Phi) is 48.1. The number of hydrogen-bond donors (Lipinski definition) is 2. The molecule has 4 N–H and O–H groups in total. The molecule has 3 nitrogen and oxygen atoms in total. The third-order valence-corrected chi connectivity index (χ3v) is 0.0962. The molecule has 0 aromatic carbocycles. The van der Waals surface area contributed by atoms with E-state index in [2.05, 4.69) is 16.5 Å². The van der Waals surface area contributed by atoms with Gasteiger partial charge in [-0.2, -0.15) is 0 Å². The number of halogens is 2. The van der Waals surface area contributed by atoms with Crippen LogP contribution < -0.4 is 11.6 Å². The highest BCUT2D eigenvalue weighted by Crippen LogP contribution is 1.30. The third kappa shape index (κ3) is 25.0. The summed E-state index contributed by atoms with van der Waals surface area (Å²) in [6, 6.07) is 0. The molecule has 0 saturated carbocycles. The van der Waals surface area contributed by atoms with E-state index in [9.17, 15) is 0 Å². The largest absolute Gasteiger partial charge is 0.307 e. The Morgan fingerprint density at radius 1 is 1.33 bits per heavy atom. The topological polar surface area (TPSA) is 61.3 Å². The van der Waals surface area contributed by atoms with Crippen molar-refractivity contribution in [3.63, 3.8) is 0 Å². The van der Waals surface area contributed by atoms with Gasteiger partial charge in [-0.3, -0.25) is 4.84 Å². The minimum absolute atomic E-state index is 0. The van der Waals surface area contributed by atoms with E-state index in [1.807, 2.05) is 0 Å². The fourth-order valence-corrected chi connectivity index (χ4v) is 0. The number of nitrogens with two attached hydrogens (primary N) is 2. The van der Waals surface area contributed by atoms with Crippen molar-refractivity contribution in [3.05, 3.63) is 0 Å². The second-order valence-electron chi connectivity index (χ2n) is 0.333. The molecule has 0 rings (SSSR count). The Morgan fingerprint density at radius 2 is 1.50 bits per heavy atom. The van der Waals surface area contributed by atoms with Crippen molar-refractivity contribution in [1.29, 1.82) is 0 Å². The molecule has 42 valence electrons. The minimum Gasteiger partial charge on any atom is -0.307 e. The van der Waals surface area contributed by atoms with Crippen LogP contribution in [-0.4, -0.2) is 6.73 Å². The quantitative estimate of drug-likeness (QED) is 0.381. The van der Waals surface area contributed by atoms with E-state index in [0.717, 1.165) is 0 Å². The predicted octanol–water partition coefficient (Wildman–Crippen LogP) is -0.364. The summed E-state index contributed by atoms with van der Waals surface area (Å²) < 4.78 is 0. The molecule has 0 aromatic rings. The maximum Gasteiger partial charge on any atom is 0.116 e. The SMILES string of the molecule is Cl.Cl.NCON. The summed E-state index contributed by atoms with van der Waals surface area (Å²) in [5, 5.41) is 0. The zero-order valence-electron chi connectivity index (χ0n) is 3.09. The number of hydrogen-bond acceptors (Lipinski definition) is 3. The molecule has 0 unspecified atom stereocenters. The highest BCUT2D eigenvalue weighted by molar-refractivity contribution is 5.85. The molecule has 0 bridgehead atoms. The summed E-state index contributed by atoms with van der Waals surface area (Å²) >= 11 is 0. The molecule has 0 aromatic heterocycles. The van der Waals surface area contributed by atoms with Crippen LogP contribution in [0.2, 0.25) is 0 Å². The summed E-state index contributed by atoms with van der Waals surface area (Å²) in [6.07, 6.45) is 0. The minimum atomic E-state index is 0. The average molecular weight is 135 g/mol. The second kappa shape index (κ2) is 17.9. The molecule has 5 heteroatoms. The normalized spacial score (nSPS) is 5.00. The Bertz CT molecular complexity index is 13.5. The van der Waals surface area contributed by atoms with Gasteiger partial charge in [0.25, 0.3) is 0 Å². The Balaban J connectivity index is -0.0000000450. The molecule has 0 aliphatic rings. The van der Waals surface area contributed by atoms with Gasteiger partial charge in [-0.1, -0.05) is 0 Å². The molecule has 0 atom stereocenters. The van der Waals surface area contributed by atoms with Gasteiger partial charge in [-0.15, -0.1) is 24.8 Å². The molecular weight excluding hydrogens is 127 g/mol. The molecule has 0 radical (unpaired) electrons. The summed E-state index contributed by atoms with van der Waals surface area (Å²) in [6.45, 7) is 0.0972. The van der Waals surface area contributed by atoms with E-state index in [1.54, 1.807) is 0 Å². The lowest BCUT2D eigenvalue weighted by Gasteiger charge is -1.77. The van der Waals surface area contributed by atoms with Gasteiger partial charge in [0.05, 0.1) is 0 Å². The van der Waals surface area contributed by atoms with Crippen LogP contribution in [0.25, 0.3) is 0 Å². The van der Waals surface area contributed by atoms with E-state index in [1.165, 1.54) is 0 Å². The molecular formula is CH8Cl2N2O. The first kappa shape index (κ1) is 16.1. The van der Waals surface area contributed by atoms with Crippen LogP contribution in [0.3, 0.4) is 0 Å². The summed E-state index contributed by atoms with van der Waals surface area (Å²) in [7, 11) is 0. The van der Waals surface area contributed by atoms with Crippen LogP contribution in [0.15, 0.2) is 0 Å². The molecule has 0 saturated heterocycles. The van der Waals surface area contributed by atoms with E-state index in [4.69, 9.17) is 0 Å². The fourth-order valence-electron chi connectivity index (χ4n) is 0. The first-order valence-corrected chi connectivity index (χ1v) is 0.933. The monoisotopic (exact) mass is 134 g/mol. The van der Waals surface area contributed by atoms with Gasteiger partial charge in [0.2, 0.25) is 0 Å². The highest BCUT2D eigenvalue weighted by Gasteiger charge is 1.50. The zero-order chi connectivity index (χ0) is 3.41. The highest BCUT2D eigenvalue weighted by atomic mass is 35.5. The molecule has 0 aliphatic carbocycles. The van der Waals surface area contributed by atoms with Crippen LogP contribution in [0.1, 0.15) is 0 Å². The van der Waals surface area contributed by atoms with Gasteiger partial charge in [-0.05, 0) is 0 Å². The first-order valence-electron chi connectivity index (χ1n) is 0.933. The lowest BCUT2D eigenvalue weighted by Crippen LogP contribution is -2.08. The Labute approximate surface area is 48.8 Å². The summed E-state index contributed by atoms with van der Waals surface area (Å²) in [5.74, 6) is 4.40. The maximum absolute atomic E-state index is 4.68. The van der Waals surface area contributed by atoms with E-state index >= 15 is 0 Å². The first-order chi connectivity index (χ1) is 1.91. The van der Waals surface area contributed by atoms with E-state index in [0.29, 0.717) is 0 Å². The van der Waals surface area contributed by atoms with Crippen LogP contribution in [0.5, 0.6) is 0 Å². The molecule has 0 fully saturated rings. The lowest BCUT2D eigenvalue weighted by molar-refractivity contribution is 0.145.